The summed E-state index contributed by atoms with van der Waals surface area (Å²) in [5.74, 6) is 1.17. The molecule has 2 rings (SSSR count). The van der Waals surface area contributed by atoms with E-state index in [0.717, 1.165) is 35.6 Å². The Labute approximate surface area is 109 Å². The van der Waals surface area contributed by atoms with Crippen molar-refractivity contribution in [2.75, 3.05) is 19.3 Å². The summed E-state index contributed by atoms with van der Waals surface area (Å²) in [7, 11) is 1.89. The van der Waals surface area contributed by atoms with Crippen molar-refractivity contribution in [3.63, 3.8) is 0 Å². The molecular weight excluding hydrogens is 259 g/mol. The van der Waals surface area contributed by atoms with Gasteiger partial charge in [0.05, 0.1) is 5.56 Å². The second-order valence-electron chi connectivity index (χ2n) is 4.50. The molecule has 0 bridgehead atoms. The molecule has 18 heavy (non-hydrogen) atoms. The summed E-state index contributed by atoms with van der Waals surface area (Å²) in [5, 5.41) is 3.06. The molecule has 1 aliphatic rings. The first-order valence-corrected chi connectivity index (χ1v) is 6.99. The van der Waals surface area contributed by atoms with Gasteiger partial charge in [-0.15, -0.1) is 11.8 Å². The number of alkyl halides is 3. The number of thioether (sulfide) groups is 1. The molecule has 0 aliphatic carbocycles. The highest BCUT2D eigenvalue weighted by atomic mass is 32.2. The van der Waals surface area contributed by atoms with Crippen molar-refractivity contribution in [1.29, 1.82) is 0 Å². The predicted molar refractivity (Wildman–Crippen MR) is 68.1 cm³/mol. The SMILES string of the molecule is CNCCCC1CSc2ccc(C(F)(F)F)cc21. The van der Waals surface area contributed by atoms with Crippen molar-refractivity contribution >= 4 is 11.8 Å². The molecule has 1 N–H and O–H groups in total. The Morgan fingerprint density at radius 3 is 2.83 bits per heavy atom. The van der Waals surface area contributed by atoms with E-state index >= 15 is 0 Å². The van der Waals surface area contributed by atoms with Crippen LogP contribution in [0.4, 0.5) is 13.2 Å². The molecular formula is C13H16F3NS. The first-order chi connectivity index (χ1) is 8.52. The maximum atomic E-state index is 12.7. The molecule has 1 aliphatic heterocycles. The second-order valence-corrected chi connectivity index (χ2v) is 5.57. The average Bonchev–Trinajstić information content (AvgIpc) is 2.71. The number of benzene rings is 1. The lowest BCUT2D eigenvalue weighted by atomic mass is 9.94. The van der Waals surface area contributed by atoms with E-state index in [-0.39, 0.29) is 5.92 Å². The number of halogens is 3. The average molecular weight is 275 g/mol. The summed E-state index contributed by atoms with van der Waals surface area (Å²) in [6.45, 7) is 0.912. The lowest BCUT2D eigenvalue weighted by Gasteiger charge is -2.13. The summed E-state index contributed by atoms with van der Waals surface area (Å²) in [6, 6.07) is 4.13. The fourth-order valence-electron chi connectivity index (χ4n) is 2.22. The van der Waals surface area contributed by atoms with Crippen LogP contribution in [-0.4, -0.2) is 19.3 Å². The summed E-state index contributed by atoms with van der Waals surface area (Å²) in [5.41, 5.74) is 0.355. The van der Waals surface area contributed by atoms with Crippen LogP contribution in [0.2, 0.25) is 0 Å². The number of hydrogen-bond acceptors (Lipinski definition) is 2. The van der Waals surface area contributed by atoms with Crippen LogP contribution in [-0.2, 0) is 6.18 Å². The highest BCUT2D eigenvalue weighted by Crippen LogP contribution is 2.44. The minimum absolute atomic E-state index is 0.264. The molecule has 0 saturated heterocycles. The number of nitrogens with one attached hydrogen (secondary N) is 1. The Kier molecular flexibility index (Phi) is 4.22. The third-order valence-corrected chi connectivity index (χ3v) is 4.45. The maximum Gasteiger partial charge on any atom is 0.416 e. The monoisotopic (exact) mass is 275 g/mol. The zero-order valence-electron chi connectivity index (χ0n) is 10.2. The molecule has 0 amide bonds. The fraction of sp³-hybridized carbons (Fsp3) is 0.538. The third-order valence-electron chi connectivity index (χ3n) is 3.20. The van der Waals surface area contributed by atoms with Crippen LogP contribution in [0, 0.1) is 0 Å². The highest BCUT2D eigenvalue weighted by molar-refractivity contribution is 7.99. The molecule has 100 valence electrons. The maximum absolute atomic E-state index is 12.7. The zero-order chi connectivity index (χ0) is 13.2. The second kappa shape index (κ2) is 5.53. The van der Waals surface area contributed by atoms with Crippen molar-refractivity contribution in [3.05, 3.63) is 29.3 Å². The van der Waals surface area contributed by atoms with Gasteiger partial charge in [-0.1, -0.05) is 0 Å². The molecule has 1 heterocycles. The Morgan fingerprint density at radius 2 is 2.17 bits per heavy atom. The predicted octanol–water partition coefficient (Wildman–Crippen LogP) is 3.89. The van der Waals surface area contributed by atoms with Crippen LogP contribution >= 0.6 is 11.8 Å². The third kappa shape index (κ3) is 3.01. The van der Waals surface area contributed by atoms with E-state index in [1.54, 1.807) is 17.8 Å². The molecule has 1 atom stereocenters. The molecule has 1 unspecified atom stereocenters. The standard InChI is InChI=1S/C13H16F3NS/c1-17-6-2-3-9-8-18-12-5-4-10(7-11(9)12)13(14,15)16/h4-5,7,9,17H,2-3,6,8H2,1H3. The van der Waals surface area contributed by atoms with E-state index in [1.165, 1.54) is 12.1 Å². The van der Waals surface area contributed by atoms with Gasteiger partial charge in [0.1, 0.15) is 0 Å². The quantitative estimate of drug-likeness (QED) is 0.837. The normalized spacial score (nSPS) is 19.0. The number of fused-ring (bicyclic) bond motifs is 1. The van der Waals surface area contributed by atoms with Gasteiger partial charge in [0.25, 0.3) is 0 Å². The molecule has 1 aromatic carbocycles. The van der Waals surface area contributed by atoms with E-state index in [4.69, 9.17) is 0 Å². The van der Waals surface area contributed by atoms with Gasteiger partial charge in [-0.05, 0) is 56.1 Å². The Morgan fingerprint density at radius 1 is 1.39 bits per heavy atom. The van der Waals surface area contributed by atoms with E-state index in [0.29, 0.717) is 0 Å². The van der Waals surface area contributed by atoms with Crippen molar-refractivity contribution in [2.24, 2.45) is 0 Å². The van der Waals surface area contributed by atoms with Crippen molar-refractivity contribution in [2.45, 2.75) is 29.8 Å². The summed E-state index contributed by atoms with van der Waals surface area (Å²) in [4.78, 5) is 1.01. The molecule has 1 nitrogen and oxygen atoms in total. The van der Waals surface area contributed by atoms with Gasteiger partial charge in [-0.2, -0.15) is 13.2 Å². The minimum atomic E-state index is -4.24. The van der Waals surface area contributed by atoms with Gasteiger partial charge < -0.3 is 5.32 Å². The molecule has 0 radical (unpaired) electrons. The Balaban J connectivity index is 2.15. The fourth-order valence-corrected chi connectivity index (χ4v) is 3.50. The number of hydrogen-bond donors (Lipinski definition) is 1. The van der Waals surface area contributed by atoms with Gasteiger partial charge in [0, 0.05) is 10.6 Å². The van der Waals surface area contributed by atoms with Crippen LogP contribution in [0.1, 0.15) is 29.9 Å². The van der Waals surface area contributed by atoms with E-state index in [1.807, 2.05) is 7.05 Å². The lowest BCUT2D eigenvalue weighted by molar-refractivity contribution is -0.137. The molecule has 0 fully saturated rings. The van der Waals surface area contributed by atoms with Crippen LogP contribution in [0.3, 0.4) is 0 Å². The smallest absolute Gasteiger partial charge is 0.320 e. The van der Waals surface area contributed by atoms with E-state index in [2.05, 4.69) is 5.32 Å². The molecule has 1 aromatic rings. The van der Waals surface area contributed by atoms with E-state index in [9.17, 15) is 13.2 Å². The molecule has 0 saturated carbocycles. The van der Waals surface area contributed by atoms with Crippen molar-refractivity contribution in [1.82, 2.24) is 5.32 Å². The van der Waals surface area contributed by atoms with Gasteiger partial charge >= 0.3 is 6.18 Å². The minimum Gasteiger partial charge on any atom is -0.320 e. The van der Waals surface area contributed by atoms with Gasteiger partial charge in [0.15, 0.2) is 0 Å². The summed E-state index contributed by atoms with van der Waals surface area (Å²) >= 11 is 1.67. The van der Waals surface area contributed by atoms with Crippen LogP contribution in [0.25, 0.3) is 0 Å². The topological polar surface area (TPSA) is 12.0 Å². The summed E-state index contributed by atoms with van der Waals surface area (Å²) in [6.07, 6.45) is -2.29. The zero-order valence-corrected chi connectivity index (χ0v) is 11.0. The van der Waals surface area contributed by atoms with Crippen molar-refractivity contribution < 1.29 is 13.2 Å². The number of rotatable bonds is 4. The van der Waals surface area contributed by atoms with Gasteiger partial charge in [-0.3, -0.25) is 0 Å². The Hall–Kier alpha value is -0.680. The van der Waals surface area contributed by atoms with Crippen molar-refractivity contribution in [3.8, 4) is 0 Å². The van der Waals surface area contributed by atoms with Crippen LogP contribution < -0.4 is 5.32 Å². The molecule has 0 spiro atoms. The van der Waals surface area contributed by atoms with E-state index < -0.39 is 11.7 Å². The molecule has 0 aromatic heterocycles. The molecule has 5 heteroatoms. The highest BCUT2D eigenvalue weighted by Gasteiger charge is 2.33. The van der Waals surface area contributed by atoms with Gasteiger partial charge in [-0.25, -0.2) is 0 Å². The van der Waals surface area contributed by atoms with Crippen LogP contribution in [0.5, 0.6) is 0 Å². The summed E-state index contributed by atoms with van der Waals surface area (Å²) < 4.78 is 38.0. The van der Waals surface area contributed by atoms with Crippen LogP contribution in [0.15, 0.2) is 23.1 Å². The lowest BCUT2D eigenvalue weighted by Crippen LogP contribution is -2.10. The largest absolute Gasteiger partial charge is 0.416 e. The first kappa shape index (κ1) is 13.7. The Bertz CT molecular complexity index is 417. The first-order valence-electron chi connectivity index (χ1n) is 6.01. The van der Waals surface area contributed by atoms with Gasteiger partial charge in [0.2, 0.25) is 0 Å².